The fraction of sp³-hybridized carbons (Fsp3) is 0.357. The number of ether oxygens (including phenoxy) is 1. The lowest BCUT2D eigenvalue weighted by molar-refractivity contribution is -0.103. The fourth-order valence-electron chi connectivity index (χ4n) is 3.30. The molecule has 0 aliphatic carbocycles. The van der Waals surface area contributed by atoms with Gasteiger partial charge in [-0.1, -0.05) is 62.1 Å². The molecule has 0 fully saturated rings. The van der Waals surface area contributed by atoms with Crippen molar-refractivity contribution in [3.63, 3.8) is 0 Å². The van der Waals surface area contributed by atoms with Gasteiger partial charge in [-0.3, -0.25) is 9.79 Å². The molecule has 0 spiro atoms. The van der Waals surface area contributed by atoms with Gasteiger partial charge in [-0.2, -0.15) is 0 Å². The molecular weight excluding hydrogens is 412 g/mol. The first-order valence-corrected chi connectivity index (χ1v) is 11.8. The fourth-order valence-corrected chi connectivity index (χ4v) is 3.30. The van der Waals surface area contributed by atoms with E-state index in [9.17, 15) is 9.90 Å². The molecule has 0 saturated heterocycles. The Bertz CT molecular complexity index is 891. The number of benzene rings is 2. The average Bonchev–Trinajstić information content (AvgIpc) is 2.84. The molecule has 0 atom stereocenters. The normalized spacial score (nSPS) is 11.5. The number of nitrogens with one attached hydrogen (secondary N) is 1. The number of carbonyl (C=O) groups excluding carboxylic acids is 1. The molecule has 0 unspecified atom stereocenters. The molecule has 33 heavy (non-hydrogen) atoms. The van der Waals surface area contributed by atoms with Crippen LogP contribution < -0.4 is 10.1 Å². The third-order valence-corrected chi connectivity index (χ3v) is 5.18. The molecule has 0 heterocycles. The standard InChI is InChI=1S/C28H36N2O3/c1-2-3-4-5-6-7-8-12-19-33-27-15-16-28(32)25(20-27)21-29-17-18-30-22-26(23-31)24-13-10-9-11-14-24/h2,9-11,13-16,20-23,30,32H,1,3-8,12,17-19H2. The maximum absolute atomic E-state index is 11.3. The molecule has 176 valence electrons. The van der Waals surface area contributed by atoms with Crippen molar-refractivity contribution in [3.05, 3.63) is 78.5 Å². The van der Waals surface area contributed by atoms with Gasteiger partial charge in [-0.05, 0) is 43.0 Å². The van der Waals surface area contributed by atoms with Gasteiger partial charge in [0.05, 0.1) is 13.2 Å². The molecule has 0 saturated carbocycles. The van der Waals surface area contributed by atoms with E-state index in [1.165, 1.54) is 25.7 Å². The molecule has 2 N–H and O–H groups in total. The molecular formula is C28H36N2O3. The van der Waals surface area contributed by atoms with E-state index < -0.39 is 0 Å². The lowest BCUT2D eigenvalue weighted by Crippen LogP contribution is -2.11. The molecule has 5 heteroatoms. The average molecular weight is 449 g/mol. The minimum atomic E-state index is 0.172. The summed E-state index contributed by atoms with van der Waals surface area (Å²) in [7, 11) is 0. The third kappa shape index (κ3) is 10.7. The molecule has 2 aromatic rings. The topological polar surface area (TPSA) is 70.9 Å². The highest BCUT2D eigenvalue weighted by molar-refractivity contribution is 6.06. The van der Waals surface area contributed by atoms with Crippen molar-refractivity contribution in [2.45, 2.75) is 44.9 Å². The number of aldehydes is 1. The Morgan fingerprint density at radius 1 is 1.03 bits per heavy atom. The summed E-state index contributed by atoms with van der Waals surface area (Å²) in [6.45, 7) is 5.50. The zero-order valence-electron chi connectivity index (χ0n) is 19.4. The van der Waals surface area contributed by atoms with E-state index in [0.29, 0.717) is 30.8 Å². The summed E-state index contributed by atoms with van der Waals surface area (Å²) < 4.78 is 5.83. The van der Waals surface area contributed by atoms with Gasteiger partial charge in [-0.15, -0.1) is 6.58 Å². The quantitative estimate of drug-likeness (QED) is 0.103. The molecule has 0 aliphatic heterocycles. The zero-order chi connectivity index (χ0) is 23.6. The van der Waals surface area contributed by atoms with Crippen molar-refractivity contribution in [2.75, 3.05) is 19.7 Å². The Balaban J connectivity index is 1.69. The monoisotopic (exact) mass is 448 g/mol. The molecule has 2 aromatic carbocycles. The summed E-state index contributed by atoms with van der Waals surface area (Å²) in [4.78, 5) is 15.6. The van der Waals surface area contributed by atoms with Gasteiger partial charge in [0, 0.05) is 30.1 Å². The van der Waals surface area contributed by atoms with Crippen molar-refractivity contribution < 1.29 is 14.6 Å². The molecule has 0 bridgehead atoms. The van der Waals surface area contributed by atoms with Gasteiger partial charge in [0.1, 0.15) is 11.5 Å². The van der Waals surface area contributed by atoms with Crippen LogP contribution in [0.2, 0.25) is 0 Å². The van der Waals surface area contributed by atoms with Crippen LogP contribution in [0.15, 0.2) is 72.4 Å². The Morgan fingerprint density at radius 2 is 1.79 bits per heavy atom. The number of hydrogen-bond acceptors (Lipinski definition) is 5. The largest absolute Gasteiger partial charge is 0.507 e. The van der Waals surface area contributed by atoms with E-state index >= 15 is 0 Å². The second kappa shape index (κ2) is 16.3. The number of phenols is 1. The van der Waals surface area contributed by atoms with Gasteiger partial charge in [0.15, 0.2) is 6.29 Å². The number of rotatable bonds is 17. The predicted octanol–water partition coefficient (Wildman–Crippen LogP) is 5.94. The zero-order valence-corrected chi connectivity index (χ0v) is 19.4. The van der Waals surface area contributed by atoms with Gasteiger partial charge in [0.2, 0.25) is 0 Å². The maximum atomic E-state index is 11.3. The first kappa shape index (κ1) is 25.9. The van der Waals surface area contributed by atoms with Crippen LogP contribution in [0.3, 0.4) is 0 Å². The lowest BCUT2D eigenvalue weighted by Gasteiger charge is -2.08. The van der Waals surface area contributed by atoms with E-state index in [4.69, 9.17) is 4.74 Å². The SMILES string of the molecule is C=CCCCCCCCCOc1ccc(O)c(C=NCCNC=C(C=O)c2ccccc2)c1. The van der Waals surface area contributed by atoms with Crippen LogP contribution in [0, 0.1) is 0 Å². The van der Waals surface area contributed by atoms with Crippen LogP contribution in [0.25, 0.3) is 5.57 Å². The molecule has 0 aromatic heterocycles. The van der Waals surface area contributed by atoms with Gasteiger partial charge in [0.25, 0.3) is 0 Å². The number of hydrogen-bond donors (Lipinski definition) is 2. The predicted molar refractivity (Wildman–Crippen MR) is 137 cm³/mol. The molecule has 0 aliphatic rings. The maximum Gasteiger partial charge on any atom is 0.152 e. The highest BCUT2D eigenvalue weighted by atomic mass is 16.5. The first-order chi connectivity index (χ1) is 16.2. The summed E-state index contributed by atoms with van der Waals surface area (Å²) in [5.41, 5.74) is 2.09. The van der Waals surface area contributed by atoms with Crippen LogP contribution in [-0.4, -0.2) is 37.3 Å². The smallest absolute Gasteiger partial charge is 0.152 e. The van der Waals surface area contributed by atoms with Crippen molar-refractivity contribution >= 4 is 18.1 Å². The van der Waals surface area contributed by atoms with E-state index in [0.717, 1.165) is 36.9 Å². The van der Waals surface area contributed by atoms with Crippen molar-refractivity contribution in [2.24, 2.45) is 4.99 Å². The number of carbonyl (C=O) groups is 1. The van der Waals surface area contributed by atoms with E-state index in [2.05, 4.69) is 16.9 Å². The van der Waals surface area contributed by atoms with Crippen LogP contribution in [0.1, 0.15) is 56.1 Å². The van der Waals surface area contributed by atoms with Crippen LogP contribution >= 0.6 is 0 Å². The number of aromatic hydroxyl groups is 1. The minimum Gasteiger partial charge on any atom is -0.507 e. The van der Waals surface area contributed by atoms with Crippen LogP contribution in [0.5, 0.6) is 11.5 Å². The second-order valence-corrected chi connectivity index (χ2v) is 7.84. The minimum absolute atomic E-state index is 0.172. The van der Waals surface area contributed by atoms with E-state index in [1.54, 1.807) is 30.6 Å². The third-order valence-electron chi connectivity index (χ3n) is 5.18. The van der Waals surface area contributed by atoms with Gasteiger partial charge >= 0.3 is 0 Å². The van der Waals surface area contributed by atoms with Crippen LogP contribution in [0.4, 0.5) is 0 Å². The highest BCUT2D eigenvalue weighted by Crippen LogP contribution is 2.22. The van der Waals surface area contributed by atoms with Gasteiger partial charge in [-0.25, -0.2) is 0 Å². The summed E-state index contributed by atoms with van der Waals surface area (Å²) in [5.74, 6) is 0.908. The Kier molecular flexibility index (Phi) is 12.8. The number of allylic oxidation sites excluding steroid dienone is 2. The summed E-state index contributed by atoms with van der Waals surface area (Å²) in [5, 5.41) is 13.2. The highest BCUT2D eigenvalue weighted by Gasteiger charge is 2.02. The Hall–Kier alpha value is -3.34. The molecule has 5 nitrogen and oxygen atoms in total. The van der Waals surface area contributed by atoms with E-state index in [1.807, 2.05) is 36.4 Å². The lowest BCUT2D eigenvalue weighted by atomic mass is 10.1. The summed E-state index contributed by atoms with van der Waals surface area (Å²) in [6.07, 6.45) is 14.5. The van der Waals surface area contributed by atoms with Crippen LogP contribution in [-0.2, 0) is 4.79 Å². The number of nitrogens with zero attached hydrogens (tertiary/aromatic N) is 1. The number of aliphatic imine (C=N–C) groups is 1. The molecule has 0 radical (unpaired) electrons. The number of phenolic OH excluding ortho intramolecular Hbond substituents is 1. The first-order valence-electron chi connectivity index (χ1n) is 11.8. The summed E-state index contributed by atoms with van der Waals surface area (Å²) >= 11 is 0. The van der Waals surface area contributed by atoms with Gasteiger partial charge < -0.3 is 15.2 Å². The Labute approximate surface area is 197 Å². The molecule has 0 amide bonds. The van der Waals surface area contributed by atoms with Crippen molar-refractivity contribution in [3.8, 4) is 11.5 Å². The molecule has 2 rings (SSSR count). The van der Waals surface area contributed by atoms with E-state index in [-0.39, 0.29) is 5.75 Å². The van der Waals surface area contributed by atoms with Crippen molar-refractivity contribution in [1.82, 2.24) is 5.32 Å². The number of unbranched alkanes of at least 4 members (excludes halogenated alkanes) is 6. The Morgan fingerprint density at radius 3 is 2.55 bits per heavy atom. The second-order valence-electron chi connectivity index (χ2n) is 7.84. The van der Waals surface area contributed by atoms with Crippen molar-refractivity contribution in [1.29, 1.82) is 0 Å². The summed E-state index contributed by atoms with van der Waals surface area (Å²) in [6, 6.07) is 14.7.